The molecule has 0 amide bonds. The van der Waals surface area contributed by atoms with E-state index in [0.717, 1.165) is 4.31 Å². The zero-order valence-electron chi connectivity index (χ0n) is 11.5. The summed E-state index contributed by atoms with van der Waals surface area (Å²) >= 11 is 0. The third-order valence-electron chi connectivity index (χ3n) is 2.61. The second-order valence-corrected chi connectivity index (χ2v) is 6.41. The summed E-state index contributed by atoms with van der Waals surface area (Å²) in [6, 6.07) is 6.71. The Kier molecular flexibility index (Phi) is 4.05. The predicted octanol–water partition coefficient (Wildman–Crippen LogP) is 1.42. The van der Waals surface area contributed by atoms with E-state index in [0.29, 0.717) is 18.1 Å². The van der Waals surface area contributed by atoms with E-state index in [2.05, 4.69) is 15.5 Å². The summed E-state index contributed by atoms with van der Waals surface area (Å²) in [5.41, 5.74) is 0.560. The minimum absolute atomic E-state index is 0.184. The first kappa shape index (κ1) is 14.5. The van der Waals surface area contributed by atoms with Gasteiger partial charge in [0.2, 0.25) is 15.9 Å². The van der Waals surface area contributed by atoms with Gasteiger partial charge in [0.1, 0.15) is 0 Å². The number of nitrogens with zero attached hydrogens (tertiary/aromatic N) is 3. The summed E-state index contributed by atoms with van der Waals surface area (Å²) in [5.74, 6) is 0.275. The fourth-order valence-corrected chi connectivity index (χ4v) is 2.51. The first-order valence-electron chi connectivity index (χ1n) is 6.05. The minimum Gasteiger partial charge on any atom is -0.403 e. The van der Waals surface area contributed by atoms with Gasteiger partial charge < -0.3 is 9.73 Å². The van der Waals surface area contributed by atoms with Crippen molar-refractivity contribution in [1.82, 2.24) is 14.5 Å². The molecule has 20 heavy (non-hydrogen) atoms. The van der Waals surface area contributed by atoms with Gasteiger partial charge in [-0.3, -0.25) is 0 Å². The molecule has 1 N–H and O–H groups in total. The Morgan fingerprint density at radius 2 is 2.05 bits per heavy atom. The lowest BCUT2D eigenvalue weighted by molar-refractivity contribution is 0.520. The fourth-order valence-electron chi connectivity index (χ4n) is 1.56. The van der Waals surface area contributed by atoms with Crippen LogP contribution in [-0.2, 0) is 10.0 Å². The van der Waals surface area contributed by atoms with E-state index in [9.17, 15) is 8.42 Å². The van der Waals surface area contributed by atoms with Crippen LogP contribution in [0.1, 0.15) is 6.92 Å². The molecule has 0 bridgehead atoms. The molecule has 1 aromatic carbocycles. The molecular formula is C12H16N4O3S. The Labute approximate surface area is 117 Å². The zero-order valence-corrected chi connectivity index (χ0v) is 12.3. The van der Waals surface area contributed by atoms with Crippen LogP contribution in [0.3, 0.4) is 0 Å². The Hall–Kier alpha value is -1.93. The molecule has 0 unspecified atom stereocenters. The van der Waals surface area contributed by atoms with Gasteiger partial charge in [-0.25, -0.2) is 12.7 Å². The van der Waals surface area contributed by atoms with Crippen LogP contribution >= 0.6 is 0 Å². The van der Waals surface area contributed by atoms with Gasteiger partial charge in [-0.2, -0.15) is 0 Å². The van der Waals surface area contributed by atoms with Crippen LogP contribution < -0.4 is 5.32 Å². The van der Waals surface area contributed by atoms with Crippen molar-refractivity contribution in [2.45, 2.75) is 11.8 Å². The zero-order chi connectivity index (χ0) is 14.8. The number of benzene rings is 1. The van der Waals surface area contributed by atoms with Crippen molar-refractivity contribution in [3.05, 3.63) is 24.3 Å². The summed E-state index contributed by atoms with van der Waals surface area (Å²) in [6.45, 7) is 2.57. The Morgan fingerprint density at radius 1 is 1.30 bits per heavy atom. The number of sulfonamides is 1. The van der Waals surface area contributed by atoms with E-state index < -0.39 is 10.0 Å². The van der Waals surface area contributed by atoms with Crippen LogP contribution in [0.25, 0.3) is 11.5 Å². The highest BCUT2D eigenvalue weighted by Gasteiger charge is 2.18. The second-order valence-electron chi connectivity index (χ2n) is 4.26. The number of anilines is 1. The highest BCUT2D eigenvalue weighted by atomic mass is 32.2. The van der Waals surface area contributed by atoms with Crippen LogP contribution in [0, 0.1) is 0 Å². The highest BCUT2D eigenvalue weighted by Crippen LogP contribution is 2.23. The van der Waals surface area contributed by atoms with Crippen LogP contribution in [0.5, 0.6) is 0 Å². The number of nitrogens with one attached hydrogen (secondary N) is 1. The van der Waals surface area contributed by atoms with Crippen molar-refractivity contribution < 1.29 is 12.8 Å². The van der Waals surface area contributed by atoms with E-state index in [1.165, 1.54) is 26.2 Å². The van der Waals surface area contributed by atoms with Gasteiger partial charge in [0.25, 0.3) is 0 Å². The number of rotatable bonds is 5. The molecule has 0 saturated carbocycles. The average Bonchev–Trinajstić information content (AvgIpc) is 2.88. The molecule has 1 aromatic heterocycles. The van der Waals surface area contributed by atoms with Crippen LogP contribution in [0.4, 0.5) is 6.01 Å². The van der Waals surface area contributed by atoms with Gasteiger partial charge in [-0.15, -0.1) is 5.10 Å². The van der Waals surface area contributed by atoms with Gasteiger partial charge in [0.15, 0.2) is 0 Å². The molecule has 0 aliphatic carbocycles. The molecule has 8 heteroatoms. The third-order valence-corrected chi connectivity index (χ3v) is 4.42. The predicted molar refractivity (Wildman–Crippen MR) is 74.8 cm³/mol. The SMILES string of the molecule is CCNc1nnc(-c2cccc(S(=O)(=O)N(C)C)c2)o1. The van der Waals surface area contributed by atoms with Crippen molar-refractivity contribution in [2.75, 3.05) is 26.0 Å². The Balaban J connectivity index is 2.39. The molecule has 2 rings (SSSR count). The summed E-state index contributed by atoms with van der Waals surface area (Å²) in [4.78, 5) is 0.184. The number of hydrogen-bond acceptors (Lipinski definition) is 6. The first-order chi connectivity index (χ1) is 9.45. The maximum absolute atomic E-state index is 12.1. The van der Waals surface area contributed by atoms with E-state index in [-0.39, 0.29) is 10.8 Å². The smallest absolute Gasteiger partial charge is 0.315 e. The van der Waals surface area contributed by atoms with Crippen LogP contribution in [-0.4, -0.2) is 43.6 Å². The lowest BCUT2D eigenvalue weighted by Crippen LogP contribution is -2.22. The molecule has 1 heterocycles. The quantitative estimate of drug-likeness (QED) is 0.897. The molecule has 0 radical (unpaired) electrons. The third kappa shape index (κ3) is 2.81. The Morgan fingerprint density at radius 3 is 2.70 bits per heavy atom. The highest BCUT2D eigenvalue weighted by molar-refractivity contribution is 7.89. The summed E-state index contributed by atoms with van der Waals surface area (Å²) in [7, 11) is -0.515. The van der Waals surface area contributed by atoms with Crippen molar-refractivity contribution in [2.24, 2.45) is 0 Å². The van der Waals surface area contributed by atoms with Crippen LogP contribution in [0.15, 0.2) is 33.6 Å². The van der Waals surface area contributed by atoms with Gasteiger partial charge in [-0.1, -0.05) is 11.2 Å². The maximum atomic E-state index is 12.1. The molecule has 0 aliphatic rings. The maximum Gasteiger partial charge on any atom is 0.315 e. The van der Waals surface area contributed by atoms with Crippen molar-refractivity contribution in [3.63, 3.8) is 0 Å². The standard InChI is InChI=1S/C12H16N4O3S/c1-4-13-12-15-14-11(19-12)9-6-5-7-10(8-9)20(17,18)16(2)3/h5-8H,4H2,1-3H3,(H,13,15). The molecular weight excluding hydrogens is 280 g/mol. The normalized spacial score (nSPS) is 11.8. The van der Waals surface area contributed by atoms with Crippen molar-refractivity contribution >= 4 is 16.0 Å². The van der Waals surface area contributed by atoms with Gasteiger partial charge in [0.05, 0.1) is 4.90 Å². The summed E-state index contributed by atoms with van der Waals surface area (Å²) in [5, 5.41) is 10.6. The molecule has 0 spiro atoms. The monoisotopic (exact) mass is 296 g/mol. The molecule has 2 aromatic rings. The lowest BCUT2D eigenvalue weighted by Gasteiger charge is -2.11. The van der Waals surface area contributed by atoms with Crippen molar-refractivity contribution in [1.29, 1.82) is 0 Å². The van der Waals surface area contributed by atoms with E-state index in [1.807, 2.05) is 6.92 Å². The van der Waals surface area contributed by atoms with Crippen molar-refractivity contribution in [3.8, 4) is 11.5 Å². The molecule has 7 nitrogen and oxygen atoms in total. The van der Waals surface area contributed by atoms with Gasteiger partial charge >= 0.3 is 6.01 Å². The van der Waals surface area contributed by atoms with E-state index in [4.69, 9.17) is 4.42 Å². The topological polar surface area (TPSA) is 88.3 Å². The molecule has 0 saturated heterocycles. The largest absolute Gasteiger partial charge is 0.403 e. The number of hydrogen-bond donors (Lipinski definition) is 1. The number of aromatic nitrogens is 2. The van der Waals surface area contributed by atoms with E-state index in [1.54, 1.807) is 12.1 Å². The molecule has 0 aliphatic heterocycles. The Bertz CT molecular complexity index is 694. The summed E-state index contributed by atoms with van der Waals surface area (Å²) < 4.78 is 30.7. The van der Waals surface area contributed by atoms with Gasteiger partial charge in [-0.05, 0) is 25.1 Å². The van der Waals surface area contributed by atoms with E-state index >= 15 is 0 Å². The van der Waals surface area contributed by atoms with Crippen LogP contribution in [0.2, 0.25) is 0 Å². The fraction of sp³-hybridized carbons (Fsp3) is 0.333. The first-order valence-corrected chi connectivity index (χ1v) is 7.49. The summed E-state index contributed by atoms with van der Waals surface area (Å²) in [6.07, 6.45) is 0. The minimum atomic E-state index is -3.48. The lowest BCUT2D eigenvalue weighted by atomic mass is 10.2. The second kappa shape index (κ2) is 5.59. The average molecular weight is 296 g/mol. The molecule has 0 fully saturated rings. The molecule has 0 atom stereocenters. The molecule has 108 valence electrons. The van der Waals surface area contributed by atoms with Gasteiger partial charge in [0, 0.05) is 26.2 Å².